The molecule has 2 aromatic heterocycles. The first-order valence-corrected chi connectivity index (χ1v) is 14.0. The van der Waals surface area contributed by atoms with Gasteiger partial charge in [0.05, 0.1) is 0 Å². The number of aliphatic carboxylic acids is 1. The molecule has 1 aromatic carbocycles. The van der Waals surface area contributed by atoms with Crippen molar-refractivity contribution in [2.45, 2.75) is 37.8 Å². The van der Waals surface area contributed by atoms with Gasteiger partial charge in [0.15, 0.2) is 23.9 Å². The average molecular weight is 576 g/mol. The maximum absolute atomic E-state index is 13.1. The Morgan fingerprint density at radius 3 is 2.80 bits per heavy atom. The van der Waals surface area contributed by atoms with Crippen molar-refractivity contribution in [2.24, 2.45) is 5.73 Å². The molecule has 3 aliphatic heterocycles. The van der Waals surface area contributed by atoms with Gasteiger partial charge in [-0.15, -0.1) is 11.8 Å². The van der Waals surface area contributed by atoms with Crippen molar-refractivity contribution in [3.8, 4) is 0 Å². The molecule has 41 heavy (non-hydrogen) atoms. The van der Waals surface area contributed by atoms with Crippen molar-refractivity contribution in [3.05, 3.63) is 77.1 Å². The zero-order valence-electron chi connectivity index (χ0n) is 22.1. The molecule has 0 radical (unpaired) electrons. The van der Waals surface area contributed by atoms with Crippen LogP contribution in [0.15, 0.2) is 70.1 Å². The van der Waals surface area contributed by atoms with E-state index in [2.05, 4.69) is 10.3 Å². The number of carbonyl (C=O) groups is 4. The van der Waals surface area contributed by atoms with Crippen molar-refractivity contribution in [1.82, 2.24) is 14.8 Å². The van der Waals surface area contributed by atoms with Crippen LogP contribution in [0.4, 0.5) is 5.69 Å². The Hall–Kier alpha value is -4.49. The van der Waals surface area contributed by atoms with Crippen molar-refractivity contribution >= 4 is 52.2 Å². The molecule has 0 spiro atoms. The third-order valence-corrected chi connectivity index (χ3v) is 8.56. The maximum Gasteiger partial charge on any atom is 0.352 e. The molecule has 12 nitrogen and oxygen atoms in total. The number of rotatable bonds is 7. The Bertz CT molecular complexity index is 1660. The number of pyridine rings is 1. The van der Waals surface area contributed by atoms with E-state index >= 15 is 0 Å². The minimum Gasteiger partial charge on any atom is -0.477 e. The van der Waals surface area contributed by atoms with Crippen LogP contribution in [0, 0.1) is 6.92 Å². The fraction of sp³-hybridized carbons (Fsp3) is 0.286. The number of thioether (sulfide) groups is 1. The summed E-state index contributed by atoms with van der Waals surface area (Å²) in [5, 5.41) is 12.2. The van der Waals surface area contributed by atoms with Crippen LogP contribution in [0.3, 0.4) is 0 Å². The molecular formula is C28H27N6O6S+. The van der Waals surface area contributed by atoms with Crippen molar-refractivity contribution in [2.75, 3.05) is 17.6 Å². The summed E-state index contributed by atoms with van der Waals surface area (Å²) in [4.78, 5) is 57.0. The number of carboxylic acid groups (broad SMARTS) is 1. The van der Waals surface area contributed by atoms with E-state index in [-0.39, 0.29) is 29.4 Å². The number of oxazole rings is 1. The number of amides is 3. The van der Waals surface area contributed by atoms with E-state index in [0.29, 0.717) is 59.1 Å². The Morgan fingerprint density at radius 1 is 1.27 bits per heavy atom. The standard InChI is InChI=1S/C28H26N6O6S/c1-15-30-20-11-19(2-3-21(20)40-15)31-22(35)13-32-7-4-16(5-8-32)12-33-9-6-17(25(33)36)10-18-14-41-27-23(29)26(37)34(27)24(18)28(38)39/h2-5,7-8,10-11,23,27H,6,9,12-14,29H2,1H3,(H-,31,35,38,39)/p+1/t23-,27-/m1/s1. The van der Waals surface area contributed by atoms with Gasteiger partial charge in [-0.3, -0.25) is 19.3 Å². The first-order valence-electron chi connectivity index (χ1n) is 13.0. The number of benzene rings is 1. The highest BCUT2D eigenvalue weighted by Crippen LogP contribution is 2.40. The fourth-order valence-electron chi connectivity index (χ4n) is 5.22. The van der Waals surface area contributed by atoms with Crippen LogP contribution in [0.2, 0.25) is 0 Å². The Balaban J connectivity index is 1.07. The predicted octanol–water partition coefficient (Wildman–Crippen LogP) is 1.30. The molecule has 0 aliphatic carbocycles. The molecule has 4 N–H and O–H groups in total. The van der Waals surface area contributed by atoms with Gasteiger partial charge in [-0.1, -0.05) is 0 Å². The summed E-state index contributed by atoms with van der Waals surface area (Å²) in [6.45, 7) is 2.75. The number of carboxylic acids is 1. The first kappa shape index (κ1) is 26.7. The molecule has 210 valence electrons. The van der Waals surface area contributed by atoms with Gasteiger partial charge in [0, 0.05) is 49.2 Å². The lowest BCUT2D eigenvalue weighted by Gasteiger charge is -2.47. The number of fused-ring (bicyclic) bond motifs is 2. The van der Waals surface area contributed by atoms with Crippen molar-refractivity contribution in [1.29, 1.82) is 0 Å². The van der Waals surface area contributed by atoms with Crippen LogP contribution < -0.4 is 15.6 Å². The van der Waals surface area contributed by atoms with Gasteiger partial charge >= 0.3 is 5.97 Å². The molecule has 13 heteroatoms. The number of nitrogens with one attached hydrogen (secondary N) is 1. The number of carbonyl (C=O) groups excluding carboxylic acids is 3. The van der Waals surface area contributed by atoms with E-state index in [1.54, 1.807) is 53.1 Å². The van der Waals surface area contributed by atoms with Gasteiger partial charge in [-0.2, -0.15) is 4.57 Å². The molecular weight excluding hydrogens is 548 g/mol. The minimum atomic E-state index is -1.21. The van der Waals surface area contributed by atoms with Gasteiger partial charge in [0.2, 0.25) is 18.4 Å². The minimum absolute atomic E-state index is 0.0929. The summed E-state index contributed by atoms with van der Waals surface area (Å²) < 4.78 is 7.20. The quantitative estimate of drug-likeness (QED) is 0.214. The van der Waals surface area contributed by atoms with E-state index in [9.17, 15) is 24.3 Å². The summed E-state index contributed by atoms with van der Waals surface area (Å²) in [6, 6.07) is 8.29. The summed E-state index contributed by atoms with van der Waals surface area (Å²) >= 11 is 1.40. The lowest BCUT2D eigenvalue weighted by atomic mass is 10.0. The van der Waals surface area contributed by atoms with E-state index in [4.69, 9.17) is 10.2 Å². The van der Waals surface area contributed by atoms with Gasteiger partial charge in [-0.25, -0.2) is 9.78 Å². The zero-order valence-corrected chi connectivity index (χ0v) is 22.9. The number of nitrogens with two attached hydrogens (primary N) is 1. The SMILES string of the molecule is Cc1nc2cc(NC(=O)C[n+]3ccc(CN4CCC(=CC5=C(C(=O)O)N6C(=O)[C@@H](N)[C@H]6SC5)C4=O)cc3)ccc2o1. The van der Waals surface area contributed by atoms with Gasteiger partial charge < -0.3 is 25.5 Å². The monoisotopic (exact) mass is 575 g/mol. The summed E-state index contributed by atoms with van der Waals surface area (Å²) in [5.74, 6) is -1.07. The van der Waals surface area contributed by atoms with Crippen LogP contribution in [0.5, 0.6) is 0 Å². The summed E-state index contributed by atoms with van der Waals surface area (Å²) in [6.07, 6.45) is 5.66. The molecule has 3 amide bonds. The van der Waals surface area contributed by atoms with Crippen LogP contribution >= 0.6 is 11.8 Å². The van der Waals surface area contributed by atoms with Gasteiger partial charge in [-0.05, 0) is 41.8 Å². The molecule has 0 unspecified atom stereocenters. The zero-order chi connectivity index (χ0) is 28.8. The van der Waals surface area contributed by atoms with E-state index < -0.39 is 17.9 Å². The largest absolute Gasteiger partial charge is 0.477 e. The van der Waals surface area contributed by atoms with Crippen LogP contribution in [0.1, 0.15) is 17.9 Å². The van der Waals surface area contributed by atoms with Crippen molar-refractivity contribution < 1.29 is 33.3 Å². The number of nitrogens with zero attached hydrogens (tertiary/aromatic N) is 4. The number of aromatic nitrogens is 2. The van der Waals surface area contributed by atoms with Crippen LogP contribution in [-0.2, 0) is 32.3 Å². The number of allylic oxidation sites excluding steroid dienone is 1. The molecule has 0 bridgehead atoms. The molecule has 3 aromatic rings. The maximum atomic E-state index is 13.1. The summed E-state index contributed by atoms with van der Waals surface area (Å²) in [7, 11) is 0. The summed E-state index contributed by atoms with van der Waals surface area (Å²) in [5.41, 5.74) is 9.53. The fourth-order valence-corrected chi connectivity index (χ4v) is 6.47. The highest BCUT2D eigenvalue weighted by Gasteiger charge is 2.51. The van der Waals surface area contributed by atoms with E-state index in [0.717, 1.165) is 5.56 Å². The van der Waals surface area contributed by atoms with Crippen LogP contribution in [0.25, 0.3) is 11.1 Å². The lowest BCUT2D eigenvalue weighted by Crippen LogP contribution is -2.68. The van der Waals surface area contributed by atoms with Gasteiger partial charge in [0.1, 0.15) is 22.6 Å². The molecule has 5 heterocycles. The highest BCUT2D eigenvalue weighted by molar-refractivity contribution is 8.00. The number of β-lactam (4-membered cyclic amide) rings is 1. The molecule has 6 rings (SSSR count). The number of hydrogen-bond acceptors (Lipinski definition) is 8. The number of hydrogen-bond donors (Lipinski definition) is 3. The molecule has 2 saturated heterocycles. The second kappa shape index (κ2) is 10.5. The number of likely N-dealkylation sites (tertiary alicyclic amines) is 1. The smallest absolute Gasteiger partial charge is 0.352 e. The second-order valence-corrected chi connectivity index (χ2v) is 11.2. The molecule has 2 fully saturated rings. The third-order valence-electron chi connectivity index (χ3n) is 7.24. The first-order chi connectivity index (χ1) is 19.7. The Labute approximate surface area is 238 Å². The topological polar surface area (TPSA) is 163 Å². The third kappa shape index (κ3) is 5.09. The molecule has 0 saturated carbocycles. The van der Waals surface area contributed by atoms with E-state index in [1.165, 1.54) is 16.7 Å². The molecule has 2 atom stereocenters. The number of anilines is 1. The van der Waals surface area contributed by atoms with Gasteiger partial charge in [0.25, 0.3) is 5.91 Å². The lowest BCUT2D eigenvalue weighted by molar-refractivity contribution is -0.684. The van der Waals surface area contributed by atoms with Crippen LogP contribution in [-0.4, -0.2) is 67.3 Å². The average Bonchev–Trinajstić information content (AvgIpc) is 3.49. The van der Waals surface area contributed by atoms with E-state index in [1.807, 2.05) is 12.1 Å². The molecule has 3 aliphatic rings. The normalized spacial score (nSPS) is 21.5. The Kier molecular flexibility index (Phi) is 6.83. The highest BCUT2D eigenvalue weighted by atomic mass is 32.2. The predicted molar refractivity (Wildman–Crippen MR) is 148 cm³/mol. The second-order valence-electron chi connectivity index (χ2n) is 10.1. The number of aryl methyl sites for hydroxylation is 1. The Morgan fingerprint density at radius 2 is 2.05 bits per heavy atom. The van der Waals surface area contributed by atoms with Crippen molar-refractivity contribution in [3.63, 3.8) is 0 Å².